The van der Waals surface area contributed by atoms with Crippen LogP contribution in [0.5, 0.6) is 5.75 Å². The summed E-state index contributed by atoms with van der Waals surface area (Å²) >= 11 is 5.77. The molecule has 0 radical (unpaired) electrons. The molecule has 1 amide bonds. The minimum absolute atomic E-state index is 0.0302. The van der Waals surface area contributed by atoms with Gasteiger partial charge in [0.2, 0.25) is 10.0 Å². The van der Waals surface area contributed by atoms with Crippen molar-refractivity contribution in [3.63, 3.8) is 0 Å². The van der Waals surface area contributed by atoms with Gasteiger partial charge in [-0.25, -0.2) is 8.42 Å². The molecule has 0 aromatic heterocycles. The molecule has 1 aliphatic rings. The Morgan fingerprint density at radius 3 is 2.21 bits per heavy atom. The van der Waals surface area contributed by atoms with Crippen LogP contribution in [0.2, 0.25) is 5.02 Å². The first-order chi connectivity index (χ1) is 15.7. The Labute approximate surface area is 198 Å². The predicted octanol–water partition coefficient (Wildman–Crippen LogP) is 1.91. The van der Waals surface area contributed by atoms with Crippen LogP contribution >= 0.6 is 11.6 Å². The smallest absolute Gasteiger partial charge is 0.324 e. The summed E-state index contributed by atoms with van der Waals surface area (Å²) < 4.78 is 37.2. The van der Waals surface area contributed by atoms with Crippen LogP contribution in [0.3, 0.4) is 0 Å². The third-order valence-corrected chi connectivity index (χ3v) is 7.03. The minimum atomic E-state index is -3.94. The van der Waals surface area contributed by atoms with Gasteiger partial charge in [0, 0.05) is 36.9 Å². The Morgan fingerprint density at radius 1 is 1.03 bits per heavy atom. The zero-order valence-corrected chi connectivity index (χ0v) is 19.9. The second-order valence-corrected chi connectivity index (χ2v) is 9.62. The number of anilines is 1. The van der Waals surface area contributed by atoms with Crippen LogP contribution in [0.15, 0.2) is 53.4 Å². The zero-order chi connectivity index (χ0) is 24.0. The number of carbonyl (C=O) groups excluding carboxylic acids is 2. The van der Waals surface area contributed by atoms with E-state index in [9.17, 15) is 18.0 Å². The van der Waals surface area contributed by atoms with E-state index >= 15 is 0 Å². The number of rotatable bonds is 8. The van der Waals surface area contributed by atoms with E-state index in [-0.39, 0.29) is 10.8 Å². The maximum atomic E-state index is 12.5. The van der Waals surface area contributed by atoms with E-state index in [0.717, 1.165) is 11.4 Å². The third kappa shape index (κ3) is 6.59. The number of esters is 1. The van der Waals surface area contributed by atoms with Crippen molar-refractivity contribution in [2.75, 3.05) is 44.8 Å². The van der Waals surface area contributed by atoms with Gasteiger partial charge in [-0.1, -0.05) is 11.6 Å². The van der Waals surface area contributed by atoms with E-state index in [4.69, 9.17) is 21.1 Å². The number of nitrogens with zero attached hydrogens (tertiary/aromatic N) is 2. The number of amides is 1. The van der Waals surface area contributed by atoms with Crippen molar-refractivity contribution < 1.29 is 27.5 Å². The van der Waals surface area contributed by atoms with Gasteiger partial charge >= 0.3 is 5.97 Å². The molecule has 2 aromatic carbocycles. The first-order valence-corrected chi connectivity index (χ1v) is 12.2. The number of carbonyl (C=O) groups is 2. The first kappa shape index (κ1) is 24.8. The summed E-state index contributed by atoms with van der Waals surface area (Å²) in [5.74, 6) is -0.387. The van der Waals surface area contributed by atoms with Crippen molar-refractivity contribution in [3.05, 3.63) is 53.6 Å². The van der Waals surface area contributed by atoms with Crippen molar-refractivity contribution >= 4 is 39.2 Å². The summed E-state index contributed by atoms with van der Waals surface area (Å²) in [4.78, 5) is 28.4. The van der Waals surface area contributed by atoms with Gasteiger partial charge in [0.1, 0.15) is 11.8 Å². The molecule has 1 saturated heterocycles. The second kappa shape index (κ2) is 10.9. The molecule has 1 atom stereocenters. The molecule has 33 heavy (non-hydrogen) atoms. The minimum Gasteiger partial charge on any atom is -0.497 e. The third-order valence-electron chi connectivity index (χ3n) is 5.22. The van der Waals surface area contributed by atoms with Gasteiger partial charge in [0.15, 0.2) is 6.61 Å². The van der Waals surface area contributed by atoms with Crippen molar-refractivity contribution in [1.29, 1.82) is 0 Å². The fourth-order valence-corrected chi connectivity index (χ4v) is 4.64. The van der Waals surface area contributed by atoms with Crippen molar-refractivity contribution in [1.82, 2.24) is 9.62 Å². The number of benzene rings is 2. The van der Waals surface area contributed by atoms with Crippen LogP contribution in [-0.4, -0.2) is 71.1 Å². The summed E-state index contributed by atoms with van der Waals surface area (Å²) in [5.41, 5.74) is 1.04. The van der Waals surface area contributed by atoms with Crippen LogP contribution < -0.4 is 14.4 Å². The predicted molar refractivity (Wildman–Crippen MR) is 124 cm³/mol. The molecular formula is C22H26ClN3O6S. The molecule has 0 spiro atoms. The number of piperazine rings is 1. The summed E-state index contributed by atoms with van der Waals surface area (Å²) in [5, 5.41) is 0.393. The Bertz CT molecular complexity index is 1070. The fourth-order valence-electron chi connectivity index (χ4n) is 3.32. The van der Waals surface area contributed by atoms with Gasteiger partial charge in [-0.15, -0.1) is 0 Å². The average Bonchev–Trinajstić information content (AvgIpc) is 2.82. The highest BCUT2D eigenvalue weighted by atomic mass is 35.5. The molecule has 0 aliphatic carbocycles. The van der Waals surface area contributed by atoms with Gasteiger partial charge in [0.25, 0.3) is 5.91 Å². The monoisotopic (exact) mass is 495 g/mol. The average molecular weight is 496 g/mol. The fraction of sp³-hybridized carbons (Fsp3) is 0.364. The lowest BCUT2D eigenvalue weighted by Gasteiger charge is -2.36. The largest absolute Gasteiger partial charge is 0.497 e. The highest BCUT2D eigenvalue weighted by molar-refractivity contribution is 7.89. The Balaban J connectivity index is 1.45. The summed E-state index contributed by atoms with van der Waals surface area (Å²) in [6.07, 6.45) is 0. The molecule has 0 unspecified atom stereocenters. The first-order valence-electron chi connectivity index (χ1n) is 10.3. The number of sulfonamides is 1. The lowest BCUT2D eigenvalue weighted by atomic mass is 10.2. The van der Waals surface area contributed by atoms with Gasteiger partial charge in [-0.05, 0) is 55.5 Å². The molecule has 1 aliphatic heterocycles. The number of ether oxygens (including phenoxy) is 2. The molecule has 2 aromatic rings. The SMILES string of the molecule is COc1ccc(N2CCN(C(=O)COC(=O)[C@H](C)NS(=O)(=O)c3ccc(Cl)cc3)CC2)cc1. The highest BCUT2D eigenvalue weighted by Gasteiger charge is 2.26. The Kier molecular flexibility index (Phi) is 8.17. The van der Waals surface area contributed by atoms with Crippen LogP contribution in [0.4, 0.5) is 5.69 Å². The number of methoxy groups -OCH3 is 1. The number of halogens is 1. The van der Waals surface area contributed by atoms with Crippen LogP contribution in [0.25, 0.3) is 0 Å². The molecule has 0 saturated carbocycles. The Morgan fingerprint density at radius 2 is 1.64 bits per heavy atom. The number of hydrogen-bond acceptors (Lipinski definition) is 7. The highest BCUT2D eigenvalue weighted by Crippen LogP contribution is 2.20. The number of nitrogens with one attached hydrogen (secondary N) is 1. The maximum absolute atomic E-state index is 12.5. The van der Waals surface area contributed by atoms with Gasteiger partial charge in [-0.2, -0.15) is 4.72 Å². The van der Waals surface area contributed by atoms with Crippen LogP contribution in [0, 0.1) is 0 Å². The summed E-state index contributed by atoms with van der Waals surface area (Å²) in [6.45, 7) is 3.16. The standard InChI is InChI=1S/C22H26ClN3O6S/c1-16(24-33(29,30)20-9-3-17(23)4-10-20)22(28)32-15-21(27)26-13-11-25(12-14-26)18-5-7-19(31-2)8-6-18/h3-10,16,24H,11-15H2,1-2H3/t16-/m0/s1. The Hall–Kier alpha value is -2.82. The normalized spacial score (nSPS) is 15.1. The van der Waals surface area contributed by atoms with E-state index in [1.165, 1.54) is 31.2 Å². The van der Waals surface area contributed by atoms with Gasteiger partial charge in [0.05, 0.1) is 12.0 Å². The zero-order valence-electron chi connectivity index (χ0n) is 18.4. The number of hydrogen-bond donors (Lipinski definition) is 1. The van der Waals surface area contributed by atoms with Crippen LogP contribution in [0.1, 0.15) is 6.92 Å². The molecule has 9 nitrogen and oxygen atoms in total. The molecule has 0 bridgehead atoms. The van der Waals surface area contributed by atoms with Gasteiger partial charge < -0.3 is 19.3 Å². The van der Waals surface area contributed by atoms with Crippen molar-refractivity contribution in [2.24, 2.45) is 0 Å². The summed E-state index contributed by atoms with van der Waals surface area (Å²) in [7, 11) is -2.32. The van der Waals surface area contributed by atoms with Crippen molar-refractivity contribution in [3.8, 4) is 5.75 Å². The lowest BCUT2D eigenvalue weighted by molar-refractivity contribution is -0.153. The topological polar surface area (TPSA) is 105 Å². The van der Waals surface area contributed by atoms with E-state index < -0.39 is 28.6 Å². The quantitative estimate of drug-likeness (QED) is 0.557. The van der Waals surface area contributed by atoms with Crippen molar-refractivity contribution in [2.45, 2.75) is 17.9 Å². The van der Waals surface area contributed by atoms with E-state index in [1.54, 1.807) is 12.0 Å². The maximum Gasteiger partial charge on any atom is 0.324 e. The lowest BCUT2D eigenvalue weighted by Crippen LogP contribution is -2.50. The molecule has 1 N–H and O–H groups in total. The van der Waals surface area contributed by atoms with E-state index in [2.05, 4.69) is 9.62 Å². The molecule has 3 rings (SSSR count). The molecule has 1 fully saturated rings. The van der Waals surface area contributed by atoms with Crippen LogP contribution in [-0.2, 0) is 24.3 Å². The van der Waals surface area contributed by atoms with E-state index in [1.807, 2.05) is 24.3 Å². The molecular weight excluding hydrogens is 470 g/mol. The molecule has 1 heterocycles. The summed E-state index contributed by atoms with van der Waals surface area (Å²) in [6, 6.07) is 12.1. The van der Waals surface area contributed by atoms with E-state index in [0.29, 0.717) is 31.2 Å². The molecule has 11 heteroatoms. The van der Waals surface area contributed by atoms with Gasteiger partial charge in [-0.3, -0.25) is 9.59 Å². The second-order valence-electron chi connectivity index (χ2n) is 7.47. The molecule has 178 valence electrons.